The molecule has 0 N–H and O–H groups in total. The first kappa shape index (κ1) is 10.7. The van der Waals surface area contributed by atoms with Gasteiger partial charge in [0.1, 0.15) is 12.0 Å². The van der Waals surface area contributed by atoms with Crippen molar-refractivity contribution in [3.8, 4) is 0 Å². The maximum Gasteiger partial charge on any atom is 0.196 e. The summed E-state index contributed by atoms with van der Waals surface area (Å²) in [5, 5.41) is 1.03. The third-order valence-electron chi connectivity index (χ3n) is 2.86. The van der Waals surface area contributed by atoms with Gasteiger partial charge in [0.25, 0.3) is 0 Å². The van der Waals surface area contributed by atoms with Gasteiger partial charge in [-0.25, -0.2) is 0 Å². The van der Waals surface area contributed by atoms with Crippen LogP contribution < -0.4 is 0 Å². The number of carbonyl (C=O) groups excluding carboxylic acids is 1. The van der Waals surface area contributed by atoms with Gasteiger partial charge in [0.2, 0.25) is 0 Å². The molecule has 2 heterocycles. The molecule has 2 aromatic heterocycles. The van der Waals surface area contributed by atoms with E-state index in [1.54, 1.807) is 18.3 Å². The number of furan rings is 1. The summed E-state index contributed by atoms with van der Waals surface area (Å²) in [6.45, 7) is 1.82. The molecule has 0 radical (unpaired) electrons. The van der Waals surface area contributed by atoms with Gasteiger partial charge >= 0.3 is 0 Å². The fraction of sp³-hybridized carbons (Fsp3) is 0.0667. The van der Waals surface area contributed by atoms with Crippen LogP contribution in [0.5, 0.6) is 0 Å². The molecule has 0 saturated heterocycles. The Balaban J connectivity index is 2.06. The van der Waals surface area contributed by atoms with Crippen molar-refractivity contribution in [2.24, 2.45) is 0 Å². The smallest absolute Gasteiger partial charge is 0.196 e. The fourth-order valence-electron chi connectivity index (χ4n) is 1.94. The van der Waals surface area contributed by atoms with E-state index in [0.29, 0.717) is 11.1 Å². The number of hydrogen-bond donors (Lipinski definition) is 0. The van der Waals surface area contributed by atoms with E-state index in [4.69, 9.17) is 4.42 Å². The number of carbonyl (C=O) groups is 1. The van der Waals surface area contributed by atoms with E-state index in [2.05, 4.69) is 4.98 Å². The predicted molar refractivity (Wildman–Crippen MR) is 68.6 cm³/mol. The number of fused-ring (bicyclic) bond motifs is 1. The molecule has 0 aliphatic rings. The van der Waals surface area contributed by atoms with Crippen LogP contribution in [0.2, 0.25) is 0 Å². The predicted octanol–water partition coefficient (Wildman–Crippen LogP) is 3.37. The minimum Gasteiger partial charge on any atom is -0.469 e. The van der Waals surface area contributed by atoms with Crippen molar-refractivity contribution in [2.45, 2.75) is 6.92 Å². The summed E-state index contributed by atoms with van der Waals surface area (Å²) in [4.78, 5) is 16.5. The highest BCUT2D eigenvalue weighted by Crippen LogP contribution is 2.17. The monoisotopic (exact) mass is 237 g/mol. The summed E-state index contributed by atoms with van der Waals surface area (Å²) >= 11 is 0. The molecule has 0 fully saturated rings. The number of benzene rings is 1. The molecule has 0 amide bonds. The number of rotatable bonds is 2. The van der Waals surface area contributed by atoms with E-state index >= 15 is 0 Å². The first-order chi connectivity index (χ1) is 8.74. The third-order valence-corrected chi connectivity index (χ3v) is 2.86. The minimum atomic E-state index is -0.0422. The Kier molecular flexibility index (Phi) is 2.45. The first-order valence-electron chi connectivity index (χ1n) is 5.69. The van der Waals surface area contributed by atoms with Gasteiger partial charge < -0.3 is 4.42 Å². The topological polar surface area (TPSA) is 43.1 Å². The average Bonchev–Trinajstić information content (AvgIpc) is 2.84. The van der Waals surface area contributed by atoms with Crippen molar-refractivity contribution in [1.82, 2.24) is 4.98 Å². The van der Waals surface area contributed by atoms with Gasteiger partial charge in [0.05, 0.1) is 11.1 Å². The third kappa shape index (κ3) is 1.80. The number of ketones is 1. The van der Waals surface area contributed by atoms with Crippen LogP contribution >= 0.6 is 0 Å². The molecule has 3 aromatic rings. The molecule has 3 heteroatoms. The number of nitrogens with zero attached hydrogens (tertiary/aromatic N) is 1. The Hall–Kier alpha value is -2.42. The first-order valence-corrected chi connectivity index (χ1v) is 5.69. The number of pyridine rings is 1. The lowest BCUT2D eigenvalue weighted by Crippen LogP contribution is -1.99. The number of aryl methyl sites for hydroxylation is 1. The molecule has 0 saturated carbocycles. The van der Waals surface area contributed by atoms with Crippen LogP contribution in [0.15, 0.2) is 53.3 Å². The summed E-state index contributed by atoms with van der Waals surface area (Å²) in [5.74, 6) is 0.691. The quantitative estimate of drug-likeness (QED) is 0.642. The second kappa shape index (κ2) is 4.11. The zero-order valence-corrected chi connectivity index (χ0v) is 9.88. The Morgan fingerprint density at radius 1 is 1.17 bits per heavy atom. The van der Waals surface area contributed by atoms with Crippen molar-refractivity contribution in [3.63, 3.8) is 0 Å². The minimum absolute atomic E-state index is 0.0422. The van der Waals surface area contributed by atoms with Crippen molar-refractivity contribution >= 4 is 16.7 Å². The standard InChI is InChI=1S/C15H11NO2/c1-10-7-13(9-18-10)15(17)12-5-4-11-3-2-6-16-14(11)8-12/h2-9H,1H3. The van der Waals surface area contributed by atoms with E-state index < -0.39 is 0 Å². The molecule has 0 atom stereocenters. The Bertz CT molecular complexity index is 728. The van der Waals surface area contributed by atoms with Gasteiger partial charge in [-0.3, -0.25) is 9.78 Å². The summed E-state index contributed by atoms with van der Waals surface area (Å²) in [5.41, 5.74) is 2.02. The molecule has 18 heavy (non-hydrogen) atoms. The van der Waals surface area contributed by atoms with Crippen LogP contribution in [0.4, 0.5) is 0 Å². The largest absolute Gasteiger partial charge is 0.469 e. The normalized spacial score (nSPS) is 10.7. The summed E-state index contributed by atoms with van der Waals surface area (Å²) in [6.07, 6.45) is 3.21. The Morgan fingerprint density at radius 3 is 2.83 bits per heavy atom. The highest BCUT2D eigenvalue weighted by atomic mass is 16.3. The molecule has 88 valence electrons. The van der Waals surface area contributed by atoms with E-state index in [9.17, 15) is 4.79 Å². The molecule has 0 aliphatic heterocycles. The summed E-state index contributed by atoms with van der Waals surface area (Å²) < 4.78 is 5.16. The van der Waals surface area contributed by atoms with E-state index in [0.717, 1.165) is 16.7 Å². The molecular formula is C15H11NO2. The number of aromatic nitrogens is 1. The molecule has 0 spiro atoms. The lowest BCUT2D eigenvalue weighted by molar-refractivity contribution is 0.103. The molecule has 0 unspecified atom stereocenters. The SMILES string of the molecule is Cc1cc(C(=O)c2ccc3cccnc3c2)co1. The zero-order chi connectivity index (χ0) is 12.5. The van der Waals surface area contributed by atoms with Crippen LogP contribution in [-0.2, 0) is 0 Å². The average molecular weight is 237 g/mol. The highest BCUT2D eigenvalue weighted by Gasteiger charge is 2.12. The van der Waals surface area contributed by atoms with Gasteiger partial charge in [0.15, 0.2) is 5.78 Å². The van der Waals surface area contributed by atoms with E-state index in [1.807, 2.05) is 31.2 Å². The van der Waals surface area contributed by atoms with Crippen molar-refractivity contribution in [2.75, 3.05) is 0 Å². The van der Waals surface area contributed by atoms with Crippen molar-refractivity contribution in [3.05, 3.63) is 65.7 Å². The van der Waals surface area contributed by atoms with Crippen molar-refractivity contribution < 1.29 is 9.21 Å². The molecule has 0 bridgehead atoms. The van der Waals surface area contributed by atoms with Crippen LogP contribution in [-0.4, -0.2) is 10.8 Å². The Morgan fingerprint density at radius 2 is 2.06 bits per heavy atom. The fourth-order valence-corrected chi connectivity index (χ4v) is 1.94. The lowest BCUT2D eigenvalue weighted by Gasteiger charge is -2.00. The van der Waals surface area contributed by atoms with Crippen LogP contribution in [0.1, 0.15) is 21.7 Å². The summed E-state index contributed by atoms with van der Waals surface area (Å²) in [6, 6.07) is 11.1. The van der Waals surface area contributed by atoms with Crippen molar-refractivity contribution in [1.29, 1.82) is 0 Å². The Labute approximate surface area is 104 Å². The molecule has 0 aliphatic carbocycles. The van der Waals surface area contributed by atoms with Gasteiger partial charge in [-0.15, -0.1) is 0 Å². The number of hydrogen-bond acceptors (Lipinski definition) is 3. The zero-order valence-electron chi connectivity index (χ0n) is 9.88. The second-order valence-electron chi connectivity index (χ2n) is 4.19. The van der Waals surface area contributed by atoms with Crippen LogP contribution in [0, 0.1) is 6.92 Å². The maximum atomic E-state index is 12.2. The van der Waals surface area contributed by atoms with Gasteiger partial charge in [0, 0.05) is 17.1 Å². The van der Waals surface area contributed by atoms with Crippen LogP contribution in [0.25, 0.3) is 10.9 Å². The van der Waals surface area contributed by atoms with Gasteiger partial charge in [-0.2, -0.15) is 0 Å². The lowest BCUT2D eigenvalue weighted by atomic mass is 10.0. The maximum absolute atomic E-state index is 12.2. The molecule has 3 nitrogen and oxygen atoms in total. The molecule has 3 rings (SSSR count). The molecular weight excluding hydrogens is 226 g/mol. The van der Waals surface area contributed by atoms with Gasteiger partial charge in [-0.05, 0) is 25.1 Å². The van der Waals surface area contributed by atoms with E-state index in [-0.39, 0.29) is 5.78 Å². The van der Waals surface area contributed by atoms with Crippen LogP contribution in [0.3, 0.4) is 0 Å². The second-order valence-corrected chi connectivity index (χ2v) is 4.19. The summed E-state index contributed by atoms with van der Waals surface area (Å²) in [7, 11) is 0. The molecule has 1 aromatic carbocycles. The highest BCUT2D eigenvalue weighted by molar-refractivity contribution is 6.10. The van der Waals surface area contributed by atoms with Gasteiger partial charge in [-0.1, -0.05) is 18.2 Å². The van der Waals surface area contributed by atoms with E-state index in [1.165, 1.54) is 6.26 Å².